The van der Waals surface area contributed by atoms with Gasteiger partial charge in [-0.25, -0.2) is 13.4 Å². The van der Waals surface area contributed by atoms with Gasteiger partial charge in [0, 0.05) is 5.69 Å². The van der Waals surface area contributed by atoms with Crippen LogP contribution >= 0.6 is 0 Å². The Balaban J connectivity index is 1.81. The zero-order valence-corrected chi connectivity index (χ0v) is 18.8. The predicted molar refractivity (Wildman–Crippen MR) is 122 cm³/mol. The predicted octanol–water partition coefficient (Wildman–Crippen LogP) is 6.65. The molecular formula is C24H36N2O2S. The van der Waals surface area contributed by atoms with Crippen LogP contribution in [0.3, 0.4) is 0 Å². The van der Waals surface area contributed by atoms with E-state index in [1.54, 1.807) is 24.3 Å². The molecule has 29 heavy (non-hydrogen) atoms. The monoisotopic (exact) mass is 416 g/mol. The summed E-state index contributed by atoms with van der Waals surface area (Å²) in [6.07, 6.45) is 13.5. The minimum atomic E-state index is -3.64. The van der Waals surface area contributed by atoms with Crippen molar-refractivity contribution in [3.05, 3.63) is 53.7 Å². The lowest BCUT2D eigenvalue weighted by molar-refractivity contribution is 0.555. The third kappa shape index (κ3) is 8.57. The van der Waals surface area contributed by atoms with Crippen LogP contribution in [0.4, 0.5) is 5.82 Å². The van der Waals surface area contributed by atoms with Gasteiger partial charge >= 0.3 is 0 Å². The molecular weight excluding hydrogens is 380 g/mol. The molecule has 1 N–H and O–H groups in total. The fourth-order valence-electron chi connectivity index (χ4n) is 3.57. The number of sulfonamides is 1. The number of unbranched alkanes of at least 4 members (excludes halogenated alkanes) is 9. The van der Waals surface area contributed by atoms with E-state index in [4.69, 9.17) is 0 Å². The van der Waals surface area contributed by atoms with Gasteiger partial charge in [-0.3, -0.25) is 4.72 Å². The Morgan fingerprint density at radius 3 is 2.07 bits per heavy atom. The van der Waals surface area contributed by atoms with Crippen molar-refractivity contribution in [3.63, 3.8) is 0 Å². The Hall–Kier alpha value is -1.88. The van der Waals surface area contributed by atoms with Crippen LogP contribution in [0.25, 0.3) is 0 Å². The summed E-state index contributed by atoms with van der Waals surface area (Å²) in [5.74, 6) is 0.360. The number of rotatable bonds is 14. The Kier molecular flexibility index (Phi) is 10.2. The number of aryl methyl sites for hydroxylation is 2. The molecule has 0 radical (unpaired) electrons. The molecule has 0 unspecified atom stereocenters. The number of nitrogens with one attached hydrogen (secondary N) is 1. The second-order valence-electron chi connectivity index (χ2n) is 7.81. The van der Waals surface area contributed by atoms with Gasteiger partial charge in [-0.05, 0) is 43.5 Å². The molecule has 1 heterocycles. The van der Waals surface area contributed by atoms with E-state index in [1.165, 1.54) is 51.4 Å². The Labute approximate surface area is 177 Å². The first-order valence-electron chi connectivity index (χ1n) is 11.1. The van der Waals surface area contributed by atoms with Gasteiger partial charge in [0.15, 0.2) is 0 Å². The van der Waals surface area contributed by atoms with Gasteiger partial charge in [0.1, 0.15) is 5.82 Å². The van der Waals surface area contributed by atoms with Crippen LogP contribution in [0.2, 0.25) is 0 Å². The van der Waals surface area contributed by atoms with E-state index in [1.807, 2.05) is 25.1 Å². The van der Waals surface area contributed by atoms with Crippen LogP contribution in [0.5, 0.6) is 0 Å². The highest BCUT2D eigenvalue weighted by Crippen LogP contribution is 2.21. The largest absolute Gasteiger partial charge is 0.263 e. The highest BCUT2D eigenvalue weighted by molar-refractivity contribution is 7.92. The summed E-state index contributed by atoms with van der Waals surface area (Å²) in [4.78, 5) is 4.61. The van der Waals surface area contributed by atoms with Crippen molar-refractivity contribution < 1.29 is 8.42 Å². The number of pyridine rings is 1. The molecule has 2 rings (SSSR count). The van der Waals surface area contributed by atoms with Crippen LogP contribution in [-0.4, -0.2) is 13.4 Å². The summed E-state index contributed by atoms with van der Waals surface area (Å²) in [5, 5.41) is 0. The topological polar surface area (TPSA) is 59.1 Å². The van der Waals surface area contributed by atoms with E-state index in [-0.39, 0.29) is 0 Å². The average molecular weight is 417 g/mol. The first-order valence-corrected chi connectivity index (χ1v) is 12.6. The van der Waals surface area contributed by atoms with Crippen molar-refractivity contribution in [2.24, 2.45) is 0 Å². The van der Waals surface area contributed by atoms with Crippen LogP contribution in [-0.2, 0) is 16.4 Å². The van der Waals surface area contributed by atoms with Crippen molar-refractivity contribution in [2.45, 2.75) is 89.4 Å². The van der Waals surface area contributed by atoms with Gasteiger partial charge in [0.2, 0.25) is 0 Å². The lowest BCUT2D eigenvalue weighted by Crippen LogP contribution is -2.16. The minimum absolute atomic E-state index is 0.360. The number of anilines is 1. The van der Waals surface area contributed by atoms with E-state index < -0.39 is 10.0 Å². The van der Waals surface area contributed by atoms with Crippen LogP contribution in [0, 0.1) is 6.92 Å². The number of hydrogen-bond acceptors (Lipinski definition) is 3. The Morgan fingerprint density at radius 2 is 1.41 bits per heavy atom. The van der Waals surface area contributed by atoms with Crippen molar-refractivity contribution in [1.82, 2.24) is 4.98 Å². The number of hydrogen-bond donors (Lipinski definition) is 1. The first-order chi connectivity index (χ1) is 14.0. The third-order valence-corrected chi connectivity index (χ3v) is 6.64. The zero-order valence-electron chi connectivity index (χ0n) is 18.0. The normalized spacial score (nSPS) is 11.5. The maximum Gasteiger partial charge on any atom is 0.263 e. The molecule has 2 aromatic rings. The summed E-state index contributed by atoms with van der Waals surface area (Å²) < 4.78 is 28.3. The zero-order chi connectivity index (χ0) is 21.0. The molecule has 0 spiro atoms. The van der Waals surface area contributed by atoms with Gasteiger partial charge in [-0.15, -0.1) is 0 Å². The number of aromatic nitrogens is 1. The second kappa shape index (κ2) is 12.6. The van der Waals surface area contributed by atoms with Gasteiger partial charge in [0.25, 0.3) is 10.0 Å². The highest BCUT2D eigenvalue weighted by Gasteiger charge is 2.18. The summed E-state index contributed by atoms with van der Waals surface area (Å²) in [6.45, 7) is 4.09. The van der Waals surface area contributed by atoms with E-state index in [0.29, 0.717) is 10.7 Å². The van der Waals surface area contributed by atoms with E-state index in [2.05, 4.69) is 16.6 Å². The molecule has 1 aromatic heterocycles. The summed E-state index contributed by atoms with van der Waals surface area (Å²) >= 11 is 0. The summed E-state index contributed by atoms with van der Waals surface area (Å²) in [7, 11) is -3.64. The molecule has 4 nitrogen and oxygen atoms in total. The molecule has 0 aliphatic heterocycles. The molecule has 0 saturated heterocycles. The summed E-state index contributed by atoms with van der Waals surface area (Å²) in [6, 6.07) is 12.6. The molecule has 0 saturated carbocycles. The van der Waals surface area contributed by atoms with Crippen LogP contribution < -0.4 is 4.72 Å². The van der Waals surface area contributed by atoms with E-state index >= 15 is 0 Å². The third-order valence-electron chi connectivity index (χ3n) is 5.19. The van der Waals surface area contributed by atoms with Gasteiger partial charge in [-0.1, -0.05) is 89.0 Å². The highest BCUT2D eigenvalue weighted by atomic mass is 32.2. The van der Waals surface area contributed by atoms with Crippen molar-refractivity contribution in [2.75, 3.05) is 4.72 Å². The van der Waals surface area contributed by atoms with Crippen LogP contribution in [0.15, 0.2) is 47.4 Å². The molecule has 5 heteroatoms. The van der Waals surface area contributed by atoms with Gasteiger partial charge in [0.05, 0.1) is 4.90 Å². The summed E-state index contributed by atoms with van der Waals surface area (Å²) in [5.41, 5.74) is 1.66. The number of nitrogens with zero attached hydrogens (tertiary/aromatic N) is 1. The fraction of sp³-hybridized carbons (Fsp3) is 0.542. The first kappa shape index (κ1) is 23.4. The molecule has 160 valence electrons. The molecule has 0 atom stereocenters. The molecule has 0 amide bonds. The lowest BCUT2D eigenvalue weighted by Gasteiger charge is -2.12. The van der Waals surface area contributed by atoms with Crippen molar-refractivity contribution >= 4 is 15.8 Å². The van der Waals surface area contributed by atoms with E-state index in [0.717, 1.165) is 30.5 Å². The minimum Gasteiger partial charge on any atom is -0.263 e. The Bertz CT molecular complexity index is 834. The molecule has 1 aromatic carbocycles. The Morgan fingerprint density at radius 1 is 0.793 bits per heavy atom. The van der Waals surface area contributed by atoms with Gasteiger partial charge < -0.3 is 0 Å². The molecule has 0 fully saturated rings. The lowest BCUT2D eigenvalue weighted by atomic mass is 10.0. The molecule has 0 bridgehead atoms. The van der Waals surface area contributed by atoms with Crippen molar-refractivity contribution in [1.29, 1.82) is 0 Å². The average Bonchev–Trinajstić information content (AvgIpc) is 2.69. The number of benzene rings is 1. The fourth-order valence-corrected chi connectivity index (χ4v) is 4.84. The maximum atomic E-state index is 12.9. The maximum absolute atomic E-state index is 12.9. The smallest absolute Gasteiger partial charge is 0.263 e. The SMILES string of the molecule is CCCCCCCCCCCCc1ccccc1S(=O)(=O)Nc1cccc(C)n1. The molecule has 0 aliphatic rings. The standard InChI is InChI=1S/C24H36N2O2S/c1-3-4-5-6-7-8-9-10-11-12-17-22-18-13-14-19-23(22)29(27,28)26-24-20-15-16-21(2)25-24/h13-16,18-20H,3-12,17H2,1-2H3,(H,25,26). The second-order valence-corrected chi connectivity index (χ2v) is 9.46. The van der Waals surface area contributed by atoms with E-state index in [9.17, 15) is 8.42 Å². The van der Waals surface area contributed by atoms with Gasteiger partial charge in [-0.2, -0.15) is 0 Å². The quantitative estimate of drug-likeness (QED) is 0.351. The molecule has 0 aliphatic carbocycles. The van der Waals surface area contributed by atoms with Crippen molar-refractivity contribution in [3.8, 4) is 0 Å². The van der Waals surface area contributed by atoms with Crippen LogP contribution in [0.1, 0.15) is 82.4 Å².